The van der Waals surface area contributed by atoms with Crippen molar-refractivity contribution in [3.8, 4) is 0 Å². The van der Waals surface area contributed by atoms with E-state index in [1.165, 1.54) is 6.08 Å². The van der Waals surface area contributed by atoms with E-state index in [1.54, 1.807) is 0 Å². The minimum Gasteiger partial charge on any atom is -0.445 e. The zero-order valence-corrected chi connectivity index (χ0v) is 9.69. The summed E-state index contributed by atoms with van der Waals surface area (Å²) >= 11 is 0. The van der Waals surface area contributed by atoms with Crippen molar-refractivity contribution in [1.82, 2.24) is 0 Å². The summed E-state index contributed by atoms with van der Waals surface area (Å²) in [4.78, 5) is 11.2. The number of aliphatic hydroxyl groups excluding tert-OH is 1. The number of anilines is 1. The Labute approximate surface area is 101 Å². The fourth-order valence-corrected chi connectivity index (χ4v) is 1.33. The van der Waals surface area contributed by atoms with Gasteiger partial charge in [0.25, 0.3) is 0 Å². The third-order valence-corrected chi connectivity index (χ3v) is 2.16. The third-order valence-electron chi connectivity index (χ3n) is 2.16. The van der Waals surface area contributed by atoms with Crippen LogP contribution >= 0.6 is 0 Å². The van der Waals surface area contributed by atoms with Crippen LogP contribution in [0.15, 0.2) is 36.9 Å². The molecule has 2 N–H and O–H groups in total. The lowest BCUT2D eigenvalue weighted by molar-refractivity contribution is 0.174. The summed E-state index contributed by atoms with van der Waals surface area (Å²) in [6.45, 7) is 3.84. The van der Waals surface area contributed by atoms with Crippen LogP contribution in [0, 0.1) is 0 Å². The second-order valence-corrected chi connectivity index (χ2v) is 3.54. The van der Waals surface area contributed by atoms with Gasteiger partial charge in [-0.15, -0.1) is 0 Å². The summed E-state index contributed by atoms with van der Waals surface area (Å²) in [7, 11) is 0. The molecule has 0 bridgehead atoms. The Morgan fingerprint density at radius 2 is 2.12 bits per heavy atom. The van der Waals surface area contributed by atoms with Crippen molar-refractivity contribution in [2.24, 2.45) is 0 Å². The molecule has 0 saturated carbocycles. The lowest BCUT2D eigenvalue weighted by Gasteiger charge is -2.06. The number of ether oxygens (including phenoxy) is 1. The van der Waals surface area contributed by atoms with Gasteiger partial charge < -0.3 is 9.84 Å². The van der Waals surface area contributed by atoms with Crippen LogP contribution in [0.2, 0.25) is 0 Å². The highest BCUT2D eigenvalue weighted by Crippen LogP contribution is 2.11. The lowest BCUT2D eigenvalue weighted by atomic mass is 10.1. The van der Waals surface area contributed by atoms with Gasteiger partial charge in [-0.25, -0.2) is 4.79 Å². The van der Waals surface area contributed by atoms with Gasteiger partial charge in [-0.3, -0.25) is 5.32 Å². The Morgan fingerprint density at radius 1 is 1.41 bits per heavy atom. The zero-order valence-electron chi connectivity index (χ0n) is 9.69. The largest absolute Gasteiger partial charge is 0.445 e. The zero-order chi connectivity index (χ0) is 12.5. The maximum atomic E-state index is 11.2. The van der Waals surface area contributed by atoms with E-state index in [-0.39, 0.29) is 13.2 Å². The van der Waals surface area contributed by atoms with E-state index in [9.17, 15) is 4.79 Å². The van der Waals surface area contributed by atoms with Gasteiger partial charge in [0.2, 0.25) is 0 Å². The summed E-state index contributed by atoms with van der Waals surface area (Å²) in [6.07, 6.45) is 2.59. The molecule has 0 atom stereocenters. The van der Waals surface area contributed by atoms with E-state index in [4.69, 9.17) is 9.84 Å². The Hall–Kier alpha value is -1.81. The van der Waals surface area contributed by atoms with Gasteiger partial charge in [0.1, 0.15) is 6.61 Å². The molecular formula is C13H17NO3. The highest BCUT2D eigenvalue weighted by atomic mass is 16.5. The monoisotopic (exact) mass is 235 g/mol. The summed E-state index contributed by atoms with van der Waals surface area (Å²) in [6, 6.07) is 7.45. The quantitative estimate of drug-likeness (QED) is 0.744. The second kappa shape index (κ2) is 7.46. The topological polar surface area (TPSA) is 58.6 Å². The predicted molar refractivity (Wildman–Crippen MR) is 67.0 cm³/mol. The molecule has 92 valence electrons. The average Bonchev–Trinajstić information content (AvgIpc) is 2.35. The van der Waals surface area contributed by atoms with E-state index in [2.05, 4.69) is 11.9 Å². The van der Waals surface area contributed by atoms with Crippen LogP contribution in [0.3, 0.4) is 0 Å². The first-order valence-corrected chi connectivity index (χ1v) is 5.50. The number of carbonyl (C=O) groups is 1. The lowest BCUT2D eigenvalue weighted by Crippen LogP contribution is -2.13. The van der Waals surface area contributed by atoms with E-state index in [0.29, 0.717) is 5.69 Å². The molecule has 0 spiro atoms. The van der Waals surface area contributed by atoms with Crippen LogP contribution in [0.25, 0.3) is 0 Å². The fraction of sp³-hybridized carbons (Fsp3) is 0.308. The number of benzene rings is 1. The summed E-state index contributed by atoms with van der Waals surface area (Å²) in [5.74, 6) is 0. The van der Waals surface area contributed by atoms with E-state index in [0.717, 1.165) is 18.4 Å². The highest BCUT2D eigenvalue weighted by Gasteiger charge is 2.01. The second-order valence-electron chi connectivity index (χ2n) is 3.54. The van der Waals surface area contributed by atoms with E-state index < -0.39 is 6.09 Å². The van der Waals surface area contributed by atoms with Gasteiger partial charge >= 0.3 is 6.09 Å². The van der Waals surface area contributed by atoms with Crippen molar-refractivity contribution >= 4 is 11.8 Å². The normalized spacial score (nSPS) is 9.71. The minimum absolute atomic E-state index is 0.188. The van der Waals surface area contributed by atoms with Crippen molar-refractivity contribution in [3.05, 3.63) is 42.5 Å². The van der Waals surface area contributed by atoms with Crippen LogP contribution in [0.1, 0.15) is 12.0 Å². The van der Waals surface area contributed by atoms with Gasteiger partial charge in [-0.2, -0.15) is 0 Å². The molecule has 1 rings (SSSR count). The first-order valence-electron chi connectivity index (χ1n) is 5.50. The Kier molecular flexibility index (Phi) is 5.82. The van der Waals surface area contributed by atoms with Crippen molar-refractivity contribution in [1.29, 1.82) is 0 Å². The van der Waals surface area contributed by atoms with Crippen molar-refractivity contribution in [2.75, 3.05) is 18.5 Å². The summed E-state index contributed by atoms with van der Waals surface area (Å²) < 4.78 is 4.79. The average molecular weight is 235 g/mol. The molecule has 0 radical (unpaired) electrons. The van der Waals surface area contributed by atoms with Crippen molar-refractivity contribution in [2.45, 2.75) is 12.8 Å². The number of aryl methyl sites for hydroxylation is 1. The maximum absolute atomic E-state index is 11.2. The smallest absolute Gasteiger partial charge is 0.411 e. The predicted octanol–water partition coefficient (Wildman–Crippen LogP) is 2.35. The first-order chi connectivity index (χ1) is 8.26. The van der Waals surface area contributed by atoms with Gasteiger partial charge in [0.05, 0.1) is 0 Å². The molecule has 1 amide bonds. The fourth-order valence-electron chi connectivity index (χ4n) is 1.33. The molecule has 17 heavy (non-hydrogen) atoms. The van der Waals surface area contributed by atoms with Crippen molar-refractivity contribution in [3.63, 3.8) is 0 Å². The Bertz CT molecular complexity index is 359. The molecule has 0 heterocycles. The minimum atomic E-state index is -0.493. The molecular weight excluding hydrogens is 218 g/mol. The molecule has 0 aromatic heterocycles. The van der Waals surface area contributed by atoms with Gasteiger partial charge in [0.15, 0.2) is 0 Å². The molecule has 1 aromatic rings. The highest BCUT2D eigenvalue weighted by molar-refractivity contribution is 5.84. The Balaban J connectivity index is 2.44. The van der Waals surface area contributed by atoms with E-state index >= 15 is 0 Å². The molecule has 0 fully saturated rings. The van der Waals surface area contributed by atoms with Gasteiger partial charge in [-0.05, 0) is 30.5 Å². The number of carbonyl (C=O) groups excluding carboxylic acids is 1. The van der Waals surface area contributed by atoms with Crippen LogP contribution in [-0.4, -0.2) is 24.4 Å². The maximum Gasteiger partial charge on any atom is 0.411 e. The third kappa shape index (κ3) is 5.17. The van der Waals surface area contributed by atoms with Crippen LogP contribution in [0.5, 0.6) is 0 Å². The molecule has 4 heteroatoms. The number of aliphatic hydroxyl groups is 1. The molecule has 0 unspecified atom stereocenters. The summed E-state index contributed by atoms with van der Waals surface area (Å²) in [5.41, 5.74) is 1.82. The molecule has 0 aliphatic carbocycles. The number of amides is 1. The van der Waals surface area contributed by atoms with E-state index in [1.807, 2.05) is 24.3 Å². The SMILES string of the molecule is C=CCOC(=O)Nc1ccc(CCCO)cc1. The molecule has 0 aliphatic rings. The van der Waals surface area contributed by atoms with Gasteiger partial charge in [-0.1, -0.05) is 24.8 Å². The number of hydrogen-bond acceptors (Lipinski definition) is 3. The van der Waals surface area contributed by atoms with Gasteiger partial charge in [0, 0.05) is 12.3 Å². The van der Waals surface area contributed by atoms with Crippen LogP contribution < -0.4 is 5.32 Å². The number of hydrogen-bond donors (Lipinski definition) is 2. The standard InChI is InChI=1S/C13H17NO3/c1-2-10-17-13(16)14-12-7-5-11(6-8-12)4-3-9-15/h2,5-8,15H,1,3-4,9-10H2,(H,14,16). The van der Waals surface area contributed by atoms with Crippen LogP contribution in [0.4, 0.5) is 10.5 Å². The van der Waals surface area contributed by atoms with Crippen LogP contribution in [-0.2, 0) is 11.2 Å². The number of rotatable bonds is 6. The summed E-state index contributed by atoms with van der Waals surface area (Å²) in [5, 5.41) is 11.3. The molecule has 1 aromatic carbocycles. The molecule has 0 aliphatic heterocycles. The number of nitrogens with one attached hydrogen (secondary N) is 1. The molecule has 4 nitrogen and oxygen atoms in total. The van der Waals surface area contributed by atoms with Crippen molar-refractivity contribution < 1.29 is 14.6 Å². The first kappa shape index (κ1) is 13.3. The Morgan fingerprint density at radius 3 is 2.71 bits per heavy atom. The molecule has 0 saturated heterocycles.